The largest absolute Gasteiger partial charge is 0.489 e. The minimum atomic E-state index is -1.43. The first-order chi connectivity index (χ1) is 19.4. The maximum atomic E-state index is 12.0. The Balaban J connectivity index is 1.46. The Morgan fingerprint density at radius 3 is 2.27 bits per heavy atom. The van der Waals surface area contributed by atoms with Crippen LogP contribution in [-0.4, -0.2) is 43.9 Å². The third-order valence-corrected chi connectivity index (χ3v) is 7.14. The van der Waals surface area contributed by atoms with Gasteiger partial charge in [0.2, 0.25) is 0 Å². The van der Waals surface area contributed by atoms with E-state index < -0.39 is 18.0 Å². The van der Waals surface area contributed by atoms with Gasteiger partial charge in [0.25, 0.3) is 6.10 Å². The third-order valence-electron chi connectivity index (χ3n) is 5.81. The van der Waals surface area contributed by atoms with Crippen molar-refractivity contribution in [2.24, 2.45) is 5.73 Å². The molecule has 0 bridgehead atoms. The molecule has 214 valence electrons. The molecule has 0 amide bonds. The fourth-order valence-electron chi connectivity index (χ4n) is 3.82. The van der Waals surface area contributed by atoms with Gasteiger partial charge in [-0.2, -0.15) is 0 Å². The number of esters is 2. The van der Waals surface area contributed by atoms with Crippen LogP contribution in [-0.2, 0) is 36.8 Å². The van der Waals surface area contributed by atoms with Gasteiger partial charge in [-0.25, -0.2) is 9.59 Å². The number of rotatable bonds is 16. The maximum absolute atomic E-state index is 12.0. The van der Waals surface area contributed by atoms with E-state index in [1.807, 2.05) is 66.7 Å². The van der Waals surface area contributed by atoms with Crippen LogP contribution in [0.1, 0.15) is 37.8 Å². The molecule has 2 N–H and O–H groups in total. The summed E-state index contributed by atoms with van der Waals surface area (Å²) in [5, 5.41) is 0.691. The molecule has 9 heteroatoms. The van der Waals surface area contributed by atoms with E-state index in [1.165, 1.54) is 0 Å². The number of hydrogen-bond acceptors (Lipinski definition) is 8. The van der Waals surface area contributed by atoms with Crippen molar-refractivity contribution in [3.63, 3.8) is 0 Å². The molecule has 0 fully saturated rings. The van der Waals surface area contributed by atoms with Crippen LogP contribution in [0, 0.1) is 0 Å². The van der Waals surface area contributed by atoms with Gasteiger partial charge in [0, 0.05) is 20.9 Å². The summed E-state index contributed by atoms with van der Waals surface area (Å²) in [5.41, 5.74) is 8.32. The number of aryl methyl sites for hydroxylation is 1. The maximum Gasteiger partial charge on any atom is 0.347 e. The second-order valence-electron chi connectivity index (χ2n) is 8.97. The molecular weight excluding hydrogens is 550 g/mol. The van der Waals surface area contributed by atoms with Gasteiger partial charge in [-0.15, -0.1) is 0 Å². The zero-order valence-electron chi connectivity index (χ0n) is 22.8. The Morgan fingerprint density at radius 2 is 1.60 bits per heavy atom. The van der Waals surface area contributed by atoms with E-state index in [0.29, 0.717) is 18.1 Å². The normalized spacial score (nSPS) is 11.7. The van der Waals surface area contributed by atoms with E-state index >= 15 is 0 Å². The monoisotopic (exact) mass is 585 g/mol. The zero-order valence-corrected chi connectivity index (χ0v) is 24.4. The Hall–Kier alpha value is -3.04. The van der Waals surface area contributed by atoms with Crippen molar-refractivity contribution in [3.8, 4) is 5.75 Å². The molecule has 7 nitrogen and oxygen atoms in total. The van der Waals surface area contributed by atoms with E-state index in [2.05, 4.69) is 6.07 Å². The van der Waals surface area contributed by atoms with Crippen molar-refractivity contribution in [2.75, 3.05) is 19.8 Å². The number of hydrogen-bond donors (Lipinski definition) is 1. The van der Waals surface area contributed by atoms with Gasteiger partial charge in [0.05, 0.1) is 19.8 Å². The average molecular weight is 586 g/mol. The molecule has 0 saturated carbocycles. The lowest BCUT2D eigenvalue weighted by Gasteiger charge is -2.18. The second kappa shape index (κ2) is 16.9. The van der Waals surface area contributed by atoms with Crippen molar-refractivity contribution in [2.45, 2.75) is 61.7 Å². The highest BCUT2D eigenvalue weighted by atomic mass is 35.5. The van der Waals surface area contributed by atoms with Crippen LogP contribution < -0.4 is 10.5 Å². The first kappa shape index (κ1) is 31.5. The van der Waals surface area contributed by atoms with E-state index in [1.54, 1.807) is 25.6 Å². The van der Waals surface area contributed by atoms with Crippen molar-refractivity contribution < 1.29 is 28.5 Å². The molecule has 0 spiro atoms. The van der Waals surface area contributed by atoms with Gasteiger partial charge in [-0.3, -0.25) is 0 Å². The van der Waals surface area contributed by atoms with Crippen LogP contribution in [0.3, 0.4) is 0 Å². The highest BCUT2D eigenvalue weighted by Crippen LogP contribution is 2.33. The Labute approximate surface area is 245 Å². The number of halogens is 1. The molecule has 1 atom stereocenters. The Morgan fingerprint density at radius 1 is 0.900 bits per heavy atom. The van der Waals surface area contributed by atoms with Gasteiger partial charge in [0.15, 0.2) is 0 Å². The molecule has 0 aliphatic carbocycles. The SMILES string of the molecule is CCOC(=O)C(OCC(N)CCCc1ccc(Sc2cccc(OCc3ccccc3)c2)cc1Cl)C(=O)OCC. The topological polar surface area (TPSA) is 97.1 Å². The van der Waals surface area contributed by atoms with Crippen molar-refractivity contribution in [3.05, 3.63) is 88.9 Å². The van der Waals surface area contributed by atoms with Gasteiger partial charge in [-0.1, -0.05) is 65.8 Å². The number of benzene rings is 3. The second-order valence-corrected chi connectivity index (χ2v) is 10.5. The van der Waals surface area contributed by atoms with Crippen molar-refractivity contribution >= 4 is 35.3 Å². The molecule has 0 aliphatic heterocycles. The molecule has 3 aromatic rings. The summed E-state index contributed by atoms with van der Waals surface area (Å²) < 4.78 is 21.2. The predicted octanol–water partition coefficient (Wildman–Crippen LogP) is 6.23. The summed E-state index contributed by atoms with van der Waals surface area (Å²) in [6.07, 6.45) is 0.697. The fraction of sp³-hybridized carbons (Fsp3) is 0.355. The lowest BCUT2D eigenvalue weighted by Crippen LogP contribution is -2.39. The van der Waals surface area contributed by atoms with Gasteiger partial charge in [0.1, 0.15) is 12.4 Å². The van der Waals surface area contributed by atoms with E-state index in [-0.39, 0.29) is 25.9 Å². The lowest BCUT2D eigenvalue weighted by molar-refractivity contribution is -0.173. The predicted molar refractivity (Wildman–Crippen MR) is 157 cm³/mol. The molecule has 0 saturated heterocycles. The highest BCUT2D eigenvalue weighted by Gasteiger charge is 2.31. The molecular formula is C31H36ClNO6S. The van der Waals surface area contributed by atoms with E-state index in [0.717, 1.165) is 39.5 Å². The van der Waals surface area contributed by atoms with E-state index in [4.69, 9.17) is 36.3 Å². The first-order valence-electron chi connectivity index (χ1n) is 13.3. The molecule has 3 rings (SSSR count). The summed E-state index contributed by atoms with van der Waals surface area (Å²) in [7, 11) is 0. The fourth-order valence-corrected chi connectivity index (χ4v) is 5.07. The molecule has 3 aromatic carbocycles. The molecule has 0 radical (unpaired) electrons. The summed E-state index contributed by atoms with van der Waals surface area (Å²) in [6.45, 7) is 4.13. The van der Waals surface area contributed by atoms with Crippen LogP contribution in [0.15, 0.2) is 82.6 Å². The van der Waals surface area contributed by atoms with Crippen LogP contribution in [0.2, 0.25) is 5.02 Å². The third kappa shape index (κ3) is 10.5. The summed E-state index contributed by atoms with van der Waals surface area (Å²) in [5.74, 6) is -0.735. The molecule has 0 aromatic heterocycles. The minimum absolute atomic E-state index is 0.0275. The minimum Gasteiger partial charge on any atom is -0.489 e. The van der Waals surface area contributed by atoms with E-state index in [9.17, 15) is 9.59 Å². The lowest BCUT2D eigenvalue weighted by atomic mass is 10.1. The summed E-state index contributed by atoms with van der Waals surface area (Å²) in [6, 6.07) is 23.7. The number of nitrogens with two attached hydrogens (primary N) is 1. The number of ether oxygens (including phenoxy) is 4. The summed E-state index contributed by atoms with van der Waals surface area (Å²) >= 11 is 8.21. The number of carbonyl (C=O) groups is 2. The van der Waals surface area contributed by atoms with Gasteiger partial charge < -0.3 is 24.7 Å². The average Bonchev–Trinajstić information content (AvgIpc) is 2.94. The van der Waals surface area contributed by atoms with Crippen LogP contribution >= 0.6 is 23.4 Å². The molecule has 40 heavy (non-hydrogen) atoms. The van der Waals surface area contributed by atoms with Crippen LogP contribution in [0.4, 0.5) is 0 Å². The summed E-state index contributed by atoms with van der Waals surface area (Å²) in [4.78, 5) is 26.2. The smallest absolute Gasteiger partial charge is 0.347 e. The van der Waals surface area contributed by atoms with Gasteiger partial charge in [-0.05, 0) is 74.6 Å². The first-order valence-corrected chi connectivity index (χ1v) is 14.5. The Kier molecular flexibility index (Phi) is 13.3. The highest BCUT2D eigenvalue weighted by molar-refractivity contribution is 7.99. The zero-order chi connectivity index (χ0) is 28.7. The Bertz CT molecular complexity index is 1210. The standard InChI is InChI=1S/C31H36ClNO6S/c1-3-36-30(34)29(31(35)37-4-2)39-21-24(33)13-8-12-23-16-17-27(19-28(23)32)40-26-15-9-14-25(18-26)38-20-22-10-6-5-7-11-22/h5-7,9-11,14-19,24,29H,3-4,8,12-13,20-21,33H2,1-2H3. The number of carbonyl (C=O) groups excluding carboxylic acids is 2. The molecule has 1 unspecified atom stereocenters. The van der Waals surface area contributed by atoms with Crippen LogP contribution in [0.25, 0.3) is 0 Å². The quantitative estimate of drug-likeness (QED) is 0.156. The van der Waals surface area contributed by atoms with Crippen LogP contribution in [0.5, 0.6) is 5.75 Å². The van der Waals surface area contributed by atoms with Crippen molar-refractivity contribution in [1.82, 2.24) is 0 Å². The van der Waals surface area contributed by atoms with Gasteiger partial charge >= 0.3 is 11.9 Å². The molecule has 0 heterocycles. The molecule has 0 aliphatic rings. The van der Waals surface area contributed by atoms with Crippen molar-refractivity contribution in [1.29, 1.82) is 0 Å².